The number of benzene rings is 2. The van der Waals surface area contributed by atoms with Gasteiger partial charge in [0.15, 0.2) is 0 Å². The lowest BCUT2D eigenvalue weighted by molar-refractivity contribution is 0.453. The molecule has 3 rings (SSSR count). The van der Waals surface area contributed by atoms with E-state index in [0.717, 1.165) is 6.07 Å². The molecule has 1 fully saturated rings. The van der Waals surface area contributed by atoms with Crippen LogP contribution in [0.2, 0.25) is 0 Å². The van der Waals surface area contributed by atoms with Crippen LogP contribution in [0.15, 0.2) is 30.3 Å². The second-order valence-electron chi connectivity index (χ2n) is 6.07. The summed E-state index contributed by atoms with van der Waals surface area (Å²) in [7, 11) is 0. The van der Waals surface area contributed by atoms with Crippen LogP contribution < -0.4 is 10.2 Å². The Balaban J connectivity index is 1.91. The van der Waals surface area contributed by atoms with Crippen LogP contribution in [0.1, 0.15) is 11.1 Å². The summed E-state index contributed by atoms with van der Waals surface area (Å²) in [5, 5.41) is 3.52. The first-order valence-electron chi connectivity index (χ1n) is 7.94. The number of rotatable bonds is 4. The summed E-state index contributed by atoms with van der Waals surface area (Å²) >= 11 is 3.19. The van der Waals surface area contributed by atoms with Crippen LogP contribution in [0.25, 0.3) is 0 Å². The van der Waals surface area contributed by atoms with Crippen molar-refractivity contribution in [2.24, 2.45) is 0 Å². The second kappa shape index (κ2) is 7.74. The molecule has 2 aromatic carbocycles. The van der Waals surface area contributed by atoms with Gasteiger partial charge in [-0.05, 0) is 41.8 Å². The smallest absolute Gasteiger partial charge is 0.149 e. The highest BCUT2D eigenvalue weighted by Gasteiger charge is 2.28. The standard InChI is InChI=1S/C18H17BrF4N2/c19-9-12-6-16(22)18(17(23)7-12)25-2-1-24-10-15(25)5-11-3-13(20)8-14(21)4-11/h3-4,6-8,15,24H,1-2,5,9-10H2. The van der Waals surface area contributed by atoms with Crippen molar-refractivity contribution in [3.05, 3.63) is 64.7 Å². The van der Waals surface area contributed by atoms with Crippen molar-refractivity contribution in [2.45, 2.75) is 17.8 Å². The van der Waals surface area contributed by atoms with Crippen LogP contribution in [0, 0.1) is 23.3 Å². The summed E-state index contributed by atoms with van der Waals surface area (Å²) in [6, 6.07) is 5.59. The van der Waals surface area contributed by atoms with E-state index in [1.54, 1.807) is 4.90 Å². The van der Waals surface area contributed by atoms with Crippen LogP contribution in [0.4, 0.5) is 23.2 Å². The van der Waals surface area contributed by atoms with Gasteiger partial charge < -0.3 is 10.2 Å². The molecule has 1 N–H and O–H groups in total. The molecule has 0 aromatic heterocycles. The van der Waals surface area contributed by atoms with E-state index < -0.39 is 23.3 Å². The lowest BCUT2D eigenvalue weighted by Gasteiger charge is -2.38. The van der Waals surface area contributed by atoms with E-state index in [1.165, 1.54) is 24.3 Å². The van der Waals surface area contributed by atoms with E-state index >= 15 is 0 Å². The molecule has 0 amide bonds. The molecule has 2 aromatic rings. The molecule has 0 saturated carbocycles. The number of anilines is 1. The lowest BCUT2D eigenvalue weighted by atomic mass is 10.0. The van der Waals surface area contributed by atoms with Crippen molar-refractivity contribution < 1.29 is 17.6 Å². The molecule has 7 heteroatoms. The Morgan fingerprint density at radius 3 is 2.20 bits per heavy atom. The first-order chi connectivity index (χ1) is 12.0. The molecule has 1 saturated heterocycles. The minimum atomic E-state index is -0.663. The van der Waals surface area contributed by atoms with Crippen molar-refractivity contribution in [3.63, 3.8) is 0 Å². The maximum atomic E-state index is 14.5. The third kappa shape index (κ3) is 4.15. The van der Waals surface area contributed by atoms with Gasteiger partial charge >= 0.3 is 0 Å². The number of nitrogens with one attached hydrogen (secondary N) is 1. The molecule has 1 atom stereocenters. The molecule has 1 heterocycles. The van der Waals surface area contributed by atoms with Gasteiger partial charge in [-0.2, -0.15) is 0 Å². The highest BCUT2D eigenvalue weighted by atomic mass is 79.9. The minimum Gasteiger partial charge on any atom is -0.361 e. The van der Waals surface area contributed by atoms with Crippen LogP contribution in [-0.2, 0) is 11.8 Å². The van der Waals surface area contributed by atoms with E-state index in [1.807, 2.05) is 0 Å². The molecule has 25 heavy (non-hydrogen) atoms. The van der Waals surface area contributed by atoms with E-state index in [9.17, 15) is 17.6 Å². The highest BCUT2D eigenvalue weighted by molar-refractivity contribution is 9.08. The SMILES string of the molecule is Fc1cc(F)cc(CC2CNCCN2c2c(F)cc(CBr)cc2F)c1. The topological polar surface area (TPSA) is 15.3 Å². The Kier molecular flexibility index (Phi) is 5.64. The lowest BCUT2D eigenvalue weighted by Crippen LogP contribution is -2.53. The average molecular weight is 417 g/mol. The molecule has 2 nitrogen and oxygen atoms in total. The molecular weight excluding hydrogens is 400 g/mol. The van der Waals surface area contributed by atoms with E-state index in [4.69, 9.17) is 0 Å². The van der Waals surface area contributed by atoms with Crippen molar-refractivity contribution in [2.75, 3.05) is 24.5 Å². The number of halogens is 5. The van der Waals surface area contributed by atoms with Gasteiger partial charge in [-0.3, -0.25) is 0 Å². The van der Waals surface area contributed by atoms with Gasteiger partial charge in [-0.1, -0.05) is 15.9 Å². The van der Waals surface area contributed by atoms with Gasteiger partial charge in [0, 0.05) is 37.1 Å². The number of piperazine rings is 1. The zero-order valence-corrected chi connectivity index (χ0v) is 14.9. The Labute approximate surface area is 152 Å². The third-order valence-corrected chi connectivity index (χ3v) is 4.91. The number of nitrogens with zero attached hydrogens (tertiary/aromatic N) is 1. The predicted octanol–water partition coefficient (Wildman–Crippen LogP) is 4.16. The van der Waals surface area contributed by atoms with Gasteiger partial charge in [-0.15, -0.1) is 0 Å². The zero-order chi connectivity index (χ0) is 18.0. The summed E-state index contributed by atoms with van der Waals surface area (Å²) in [5.41, 5.74) is 0.875. The monoisotopic (exact) mass is 416 g/mol. The summed E-state index contributed by atoms with van der Waals surface area (Å²) < 4.78 is 55.8. The fraction of sp³-hybridized carbons (Fsp3) is 0.333. The van der Waals surface area contributed by atoms with Crippen LogP contribution in [0.5, 0.6) is 0 Å². The molecule has 0 spiro atoms. The minimum absolute atomic E-state index is 0.0897. The van der Waals surface area contributed by atoms with Crippen molar-refractivity contribution >= 4 is 21.6 Å². The Bertz CT molecular complexity index is 725. The first kappa shape index (κ1) is 18.2. The quantitative estimate of drug-likeness (QED) is 0.594. The molecule has 0 aliphatic carbocycles. The summed E-state index contributed by atoms with van der Waals surface area (Å²) in [5.74, 6) is -2.59. The molecule has 1 aliphatic heterocycles. The number of hydrogen-bond donors (Lipinski definition) is 1. The molecule has 0 bridgehead atoms. The van der Waals surface area contributed by atoms with E-state index in [-0.39, 0.29) is 18.2 Å². The summed E-state index contributed by atoms with van der Waals surface area (Å²) in [6.07, 6.45) is 0.279. The van der Waals surface area contributed by atoms with Crippen molar-refractivity contribution in [1.82, 2.24) is 5.32 Å². The normalized spacial score (nSPS) is 17.8. The zero-order valence-electron chi connectivity index (χ0n) is 13.3. The molecule has 0 radical (unpaired) electrons. The Morgan fingerprint density at radius 2 is 1.60 bits per heavy atom. The van der Waals surface area contributed by atoms with E-state index in [2.05, 4.69) is 21.2 Å². The predicted molar refractivity (Wildman–Crippen MR) is 93.1 cm³/mol. The van der Waals surface area contributed by atoms with Gasteiger partial charge in [0.2, 0.25) is 0 Å². The summed E-state index contributed by atoms with van der Waals surface area (Å²) in [4.78, 5) is 1.64. The molecule has 1 aliphatic rings. The van der Waals surface area contributed by atoms with E-state index in [0.29, 0.717) is 36.1 Å². The first-order valence-corrected chi connectivity index (χ1v) is 9.06. The number of alkyl halides is 1. The van der Waals surface area contributed by atoms with Crippen LogP contribution >= 0.6 is 15.9 Å². The van der Waals surface area contributed by atoms with Crippen LogP contribution in [-0.4, -0.2) is 25.7 Å². The third-order valence-electron chi connectivity index (χ3n) is 4.26. The maximum absolute atomic E-state index is 14.5. The average Bonchev–Trinajstić information content (AvgIpc) is 2.54. The maximum Gasteiger partial charge on any atom is 0.149 e. The van der Waals surface area contributed by atoms with Gasteiger partial charge in [0.1, 0.15) is 29.0 Å². The molecular formula is C18H17BrF4N2. The Morgan fingerprint density at radius 1 is 0.960 bits per heavy atom. The van der Waals surface area contributed by atoms with Gasteiger partial charge in [-0.25, -0.2) is 17.6 Å². The largest absolute Gasteiger partial charge is 0.361 e. The molecule has 1 unspecified atom stereocenters. The van der Waals surface area contributed by atoms with Gasteiger partial charge in [0.05, 0.1) is 0 Å². The summed E-state index contributed by atoms with van der Waals surface area (Å²) in [6.45, 7) is 1.45. The fourth-order valence-electron chi connectivity index (χ4n) is 3.21. The number of hydrogen-bond acceptors (Lipinski definition) is 2. The van der Waals surface area contributed by atoms with Gasteiger partial charge in [0.25, 0.3) is 0 Å². The van der Waals surface area contributed by atoms with Crippen molar-refractivity contribution in [3.8, 4) is 0 Å². The fourth-order valence-corrected chi connectivity index (χ4v) is 3.53. The molecule has 134 valence electrons. The highest BCUT2D eigenvalue weighted by Crippen LogP contribution is 2.29. The van der Waals surface area contributed by atoms with Crippen molar-refractivity contribution in [1.29, 1.82) is 0 Å². The Hall–Kier alpha value is -1.60. The second-order valence-corrected chi connectivity index (χ2v) is 6.64. The van der Waals surface area contributed by atoms with Crippen LogP contribution in [0.3, 0.4) is 0 Å².